The van der Waals surface area contributed by atoms with Gasteiger partial charge in [0, 0.05) is 45.7 Å². The van der Waals surface area contributed by atoms with Gasteiger partial charge >= 0.3 is 10.1 Å². The summed E-state index contributed by atoms with van der Waals surface area (Å²) in [6.07, 6.45) is 12.9. The summed E-state index contributed by atoms with van der Waals surface area (Å²) in [4.78, 5) is 2.18. The molecule has 48 heavy (non-hydrogen) atoms. The second kappa shape index (κ2) is 11.7. The number of nitrogens with zero attached hydrogens (tertiary/aromatic N) is 2. The highest BCUT2D eigenvalue weighted by Crippen LogP contribution is 2.51. The van der Waals surface area contributed by atoms with Crippen LogP contribution in [0.1, 0.15) is 58.1 Å². The Labute approximate surface area is 288 Å². The summed E-state index contributed by atoms with van der Waals surface area (Å²) in [5.74, 6) is -0.528. The molecule has 5 nitrogen and oxygen atoms in total. The normalized spacial score (nSPS) is 20.5. The van der Waals surface area contributed by atoms with E-state index in [-0.39, 0.29) is 5.41 Å². The molecule has 0 bridgehead atoms. The molecule has 2 aliphatic heterocycles. The lowest BCUT2D eigenvalue weighted by Gasteiger charge is -2.25. The quantitative estimate of drug-likeness (QED) is 0.163. The van der Waals surface area contributed by atoms with Gasteiger partial charge in [0.05, 0.1) is 5.41 Å². The minimum absolute atomic E-state index is 0.255. The summed E-state index contributed by atoms with van der Waals surface area (Å²) in [6.45, 7) is 12.9. The van der Waals surface area contributed by atoms with Gasteiger partial charge in [0.25, 0.3) is 5.88 Å². The number of hydrogen-bond donors (Lipinski definition) is 1. The van der Waals surface area contributed by atoms with Crippen molar-refractivity contribution < 1.29 is 17.5 Å². The Morgan fingerprint density at radius 2 is 1.50 bits per heavy atom. The minimum Gasteiger partial charge on any atom is -0.320 e. The number of hydrogen-bond acceptors (Lipinski definition) is 3. The van der Waals surface area contributed by atoms with E-state index < -0.39 is 21.4 Å². The molecule has 4 aromatic carbocycles. The van der Waals surface area contributed by atoms with Gasteiger partial charge in [0.2, 0.25) is 5.69 Å². The number of allylic oxidation sites excluding steroid dienone is 8. The third-order valence-corrected chi connectivity index (χ3v) is 11.3. The molecule has 0 amide bonds. The molecule has 4 aromatic rings. The summed E-state index contributed by atoms with van der Waals surface area (Å²) in [7, 11) is -4.31. The fourth-order valence-electron chi connectivity index (χ4n) is 8.07. The first-order chi connectivity index (χ1) is 22.8. The lowest BCUT2D eigenvalue weighted by atomic mass is 9.79. The van der Waals surface area contributed by atoms with Crippen LogP contribution >= 0.6 is 11.6 Å². The predicted molar refractivity (Wildman–Crippen MR) is 200 cm³/mol. The summed E-state index contributed by atoms with van der Waals surface area (Å²) in [6, 6.07) is 24.9. The molecule has 0 radical (unpaired) electrons. The van der Waals surface area contributed by atoms with E-state index >= 15 is 0 Å². The average molecular weight is 676 g/mol. The van der Waals surface area contributed by atoms with Crippen LogP contribution in [0.5, 0.6) is 0 Å². The van der Waals surface area contributed by atoms with Crippen LogP contribution in [0.3, 0.4) is 0 Å². The van der Waals surface area contributed by atoms with E-state index in [0.29, 0.717) is 0 Å². The maximum atomic E-state index is 12.2. The van der Waals surface area contributed by atoms with Crippen LogP contribution in [0.25, 0.3) is 21.5 Å². The smallest absolute Gasteiger partial charge is 0.320 e. The van der Waals surface area contributed by atoms with Crippen molar-refractivity contribution >= 4 is 60.4 Å². The molecule has 1 aliphatic carbocycles. The monoisotopic (exact) mass is 675 g/mol. The van der Waals surface area contributed by atoms with Crippen molar-refractivity contribution in [3.05, 3.63) is 143 Å². The second-order valence-electron chi connectivity index (χ2n) is 14.0. The van der Waals surface area contributed by atoms with Crippen molar-refractivity contribution in [2.75, 3.05) is 10.8 Å². The van der Waals surface area contributed by atoms with E-state index in [1.54, 1.807) is 4.58 Å². The van der Waals surface area contributed by atoms with Crippen molar-refractivity contribution in [3.8, 4) is 0 Å². The molecule has 0 saturated heterocycles. The first-order valence-electron chi connectivity index (χ1n) is 16.4. The summed E-state index contributed by atoms with van der Waals surface area (Å²) in [5.41, 5.74) is 7.48. The Hall–Kier alpha value is -4.23. The van der Waals surface area contributed by atoms with Gasteiger partial charge in [0.15, 0.2) is 5.71 Å². The molecule has 1 N–H and O–H groups in total. The average Bonchev–Trinajstić information content (AvgIpc) is 3.40. The second-order valence-corrected chi connectivity index (χ2v) is 15.8. The Kier molecular flexibility index (Phi) is 7.90. The zero-order chi connectivity index (χ0) is 34.0. The van der Waals surface area contributed by atoms with Crippen molar-refractivity contribution in [2.24, 2.45) is 0 Å². The molecule has 7 heteroatoms. The third-order valence-electron chi connectivity index (χ3n) is 10.3. The molecular formula is C41H40ClN2O3S+. The lowest BCUT2D eigenvalue weighted by molar-refractivity contribution is -0.415. The lowest BCUT2D eigenvalue weighted by Crippen LogP contribution is -2.29. The van der Waals surface area contributed by atoms with Crippen LogP contribution in [0, 0.1) is 0 Å². The molecule has 0 fully saturated rings. The van der Waals surface area contributed by atoms with E-state index in [1.165, 1.54) is 16.3 Å². The molecule has 3 aliphatic rings. The van der Waals surface area contributed by atoms with E-state index in [4.69, 9.17) is 11.6 Å². The molecule has 0 spiro atoms. The Morgan fingerprint density at radius 1 is 0.854 bits per heavy atom. The van der Waals surface area contributed by atoms with Crippen LogP contribution < -0.4 is 4.90 Å². The standard InChI is InChI=1S/C41H39ClN2O3S/c1-6-43-33-22-18-27-12-7-9-16-31(27)37(33)40(2,3)35(43)24-20-29-14-11-15-30(39(29)42)21-25-36-41(4,5)38-32-17-10-8-13-28(32)19-23-34(38)44(36)26-48(45,46)47/h6-10,12-13,16-25H,1,11,14-15,26H2,2-5H3/p+1. The molecule has 2 heterocycles. The van der Waals surface area contributed by atoms with Crippen LogP contribution in [-0.4, -0.2) is 29.1 Å². The maximum Gasteiger partial charge on any atom is 0.326 e. The van der Waals surface area contributed by atoms with E-state index in [9.17, 15) is 13.0 Å². The Morgan fingerprint density at radius 3 is 2.17 bits per heavy atom. The van der Waals surface area contributed by atoms with E-state index in [0.717, 1.165) is 74.6 Å². The third kappa shape index (κ3) is 5.27. The van der Waals surface area contributed by atoms with Crippen LogP contribution in [-0.2, 0) is 20.9 Å². The first-order valence-corrected chi connectivity index (χ1v) is 18.4. The van der Waals surface area contributed by atoms with Gasteiger partial charge in [-0.2, -0.15) is 13.0 Å². The van der Waals surface area contributed by atoms with Gasteiger partial charge in [-0.1, -0.05) is 98.8 Å². The predicted octanol–water partition coefficient (Wildman–Crippen LogP) is 10.2. The van der Waals surface area contributed by atoms with Gasteiger partial charge in [-0.3, -0.25) is 4.55 Å². The van der Waals surface area contributed by atoms with Crippen molar-refractivity contribution in [1.29, 1.82) is 0 Å². The van der Waals surface area contributed by atoms with E-state index in [2.05, 4.69) is 99.9 Å². The van der Waals surface area contributed by atoms with Crippen LogP contribution in [0.2, 0.25) is 0 Å². The Bertz CT molecular complexity index is 2300. The molecule has 7 rings (SSSR count). The zero-order valence-corrected chi connectivity index (χ0v) is 29.4. The van der Waals surface area contributed by atoms with Crippen molar-refractivity contribution in [1.82, 2.24) is 0 Å². The van der Waals surface area contributed by atoms with Gasteiger partial charge < -0.3 is 4.90 Å². The largest absolute Gasteiger partial charge is 0.326 e. The van der Waals surface area contributed by atoms with Gasteiger partial charge in [-0.05, 0) is 89.6 Å². The number of benzene rings is 4. The van der Waals surface area contributed by atoms with Gasteiger partial charge in [-0.25, -0.2) is 0 Å². The SMILES string of the molecule is C=CN1/C(=C/C=C2\CCCC(/C=C/C3=[N+](CS(=O)(=O)O)c4ccc5ccccc5c4C3(C)C)=C2Cl)C(C)(C)c2c1ccc1ccccc21. The molecule has 0 unspecified atom stereocenters. The fourth-order valence-corrected chi connectivity index (χ4v) is 8.99. The van der Waals surface area contributed by atoms with Gasteiger partial charge in [0.1, 0.15) is 0 Å². The number of halogens is 1. The Balaban J connectivity index is 1.28. The highest BCUT2D eigenvalue weighted by atomic mass is 35.5. The van der Waals surface area contributed by atoms with E-state index in [1.807, 2.05) is 42.6 Å². The van der Waals surface area contributed by atoms with Crippen LogP contribution in [0.4, 0.5) is 11.4 Å². The topological polar surface area (TPSA) is 60.6 Å². The zero-order valence-electron chi connectivity index (χ0n) is 27.8. The number of rotatable bonds is 6. The molecule has 0 saturated carbocycles. The summed E-state index contributed by atoms with van der Waals surface area (Å²) in [5, 5.41) is 5.34. The highest BCUT2D eigenvalue weighted by Gasteiger charge is 2.47. The van der Waals surface area contributed by atoms with Crippen molar-refractivity contribution in [2.45, 2.75) is 57.8 Å². The molecule has 0 atom stereocenters. The summed E-state index contributed by atoms with van der Waals surface area (Å²) < 4.78 is 36.2. The molecule has 244 valence electrons. The highest BCUT2D eigenvalue weighted by molar-refractivity contribution is 7.85. The first kappa shape index (κ1) is 32.3. The van der Waals surface area contributed by atoms with Crippen LogP contribution in [0.15, 0.2) is 132 Å². The van der Waals surface area contributed by atoms with Crippen molar-refractivity contribution in [3.63, 3.8) is 0 Å². The maximum absolute atomic E-state index is 12.2. The molecule has 0 aromatic heterocycles. The van der Waals surface area contributed by atoms with Gasteiger partial charge in [-0.15, -0.1) is 0 Å². The number of fused-ring (bicyclic) bond motifs is 6. The fraction of sp³-hybridized carbons (Fsp3) is 0.244. The number of anilines is 1. The summed E-state index contributed by atoms with van der Waals surface area (Å²) >= 11 is 7.15. The minimum atomic E-state index is -4.31. The molecular weight excluding hydrogens is 636 g/mol.